The second-order valence-corrected chi connectivity index (χ2v) is 9.24. The number of nitrogens with zero attached hydrogens (tertiary/aromatic N) is 3. The Morgan fingerprint density at radius 1 is 1.34 bits per heavy atom. The molecule has 1 heterocycles. The fourth-order valence-corrected chi connectivity index (χ4v) is 4.25. The molecule has 0 unspecified atom stereocenters. The zero-order chi connectivity index (χ0) is 23.4. The average Bonchev–Trinajstić information content (AvgIpc) is 2.74. The van der Waals surface area contributed by atoms with Gasteiger partial charge in [-0.3, -0.25) is 4.79 Å². The van der Waals surface area contributed by atoms with Gasteiger partial charge >= 0.3 is 5.97 Å². The van der Waals surface area contributed by atoms with Crippen LogP contribution in [0.5, 0.6) is 5.75 Å². The Kier molecular flexibility index (Phi) is 8.08. The predicted octanol–water partition coefficient (Wildman–Crippen LogP) is 5.65. The number of ether oxygens (including phenoxy) is 1. The van der Waals surface area contributed by atoms with Crippen molar-refractivity contribution >= 4 is 66.5 Å². The van der Waals surface area contributed by atoms with Gasteiger partial charge in [0.15, 0.2) is 11.9 Å². The number of unbranched alkanes of at least 4 members (excludes halogenated alkanes) is 1. The first kappa shape index (κ1) is 24.4. The lowest BCUT2D eigenvalue weighted by Gasteiger charge is -2.14. The molecular weight excluding hydrogens is 566 g/mol. The molecule has 1 N–H and O–H groups in total. The molecule has 0 bridgehead atoms. The van der Waals surface area contributed by atoms with E-state index in [0.29, 0.717) is 33.2 Å². The van der Waals surface area contributed by atoms with Crippen molar-refractivity contribution in [2.45, 2.75) is 39.2 Å². The zero-order valence-electron chi connectivity index (χ0n) is 17.3. The Morgan fingerprint density at radius 2 is 2.09 bits per heavy atom. The van der Waals surface area contributed by atoms with Crippen LogP contribution in [0.25, 0.3) is 10.9 Å². The summed E-state index contributed by atoms with van der Waals surface area (Å²) in [5, 5.41) is 14.1. The molecule has 3 rings (SSSR count). The second-order valence-electron chi connectivity index (χ2n) is 7.07. The molecule has 1 aromatic heterocycles. The summed E-state index contributed by atoms with van der Waals surface area (Å²) >= 11 is 13.0. The first-order chi connectivity index (χ1) is 15.2. The maximum absolute atomic E-state index is 13.1. The topological polar surface area (TPSA) is 93.8 Å². The van der Waals surface area contributed by atoms with Crippen molar-refractivity contribution in [1.82, 2.24) is 9.66 Å². The van der Waals surface area contributed by atoms with Gasteiger partial charge in [0.2, 0.25) is 0 Å². The highest BCUT2D eigenvalue weighted by Gasteiger charge is 2.17. The highest BCUT2D eigenvalue weighted by atomic mass is 79.9. The van der Waals surface area contributed by atoms with Gasteiger partial charge in [0.1, 0.15) is 5.82 Å². The molecule has 3 aromatic rings. The van der Waals surface area contributed by atoms with Gasteiger partial charge < -0.3 is 9.84 Å². The third-order valence-corrected chi connectivity index (χ3v) is 5.98. The van der Waals surface area contributed by atoms with Crippen molar-refractivity contribution in [2.75, 3.05) is 0 Å². The van der Waals surface area contributed by atoms with E-state index in [-0.39, 0.29) is 16.3 Å². The summed E-state index contributed by atoms with van der Waals surface area (Å²) in [5.74, 6) is -0.312. The molecule has 0 aliphatic heterocycles. The number of hydrogen-bond acceptors (Lipinski definition) is 5. The van der Waals surface area contributed by atoms with Crippen LogP contribution >= 0.6 is 43.5 Å². The molecule has 168 valence electrons. The molecule has 0 radical (unpaired) electrons. The third-order valence-electron chi connectivity index (χ3n) is 4.61. The highest BCUT2D eigenvalue weighted by Crippen LogP contribution is 2.35. The van der Waals surface area contributed by atoms with Crippen LogP contribution in [0.4, 0.5) is 0 Å². The number of halogens is 3. The standard InChI is InChI=1S/C22H20Br2ClN3O4/c1-3-4-5-19-27-18-7-6-14(23)10-15(18)21(29)28(19)26-11-13-8-16(24)20(17(25)9-13)32-12(2)22(30)31/h6-12H,3-5H2,1-2H3,(H,30,31)/t12-/m1/s1. The van der Waals surface area contributed by atoms with Crippen LogP contribution in [0.2, 0.25) is 5.02 Å². The molecule has 0 fully saturated rings. The number of hydrogen-bond donors (Lipinski definition) is 1. The molecule has 0 amide bonds. The maximum atomic E-state index is 13.1. The number of aliphatic carboxylic acids is 1. The zero-order valence-corrected chi connectivity index (χ0v) is 21.2. The number of carbonyl (C=O) groups is 1. The van der Waals surface area contributed by atoms with Gasteiger partial charge in [0.05, 0.1) is 26.6 Å². The Balaban J connectivity index is 2.03. The van der Waals surface area contributed by atoms with Gasteiger partial charge in [0.25, 0.3) is 5.56 Å². The fourth-order valence-electron chi connectivity index (χ4n) is 2.93. The van der Waals surface area contributed by atoms with Crippen LogP contribution < -0.4 is 10.3 Å². The van der Waals surface area contributed by atoms with Crippen LogP contribution in [0.1, 0.15) is 38.1 Å². The summed E-state index contributed by atoms with van der Waals surface area (Å²) < 4.78 is 7.96. The molecule has 32 heavy (non-hydrogen) atoms. The van der Waals surface area contributed by atoms with Crippen LogP contribution in [0.3, 0.4) is 0 Å². The van der Waals surface area contributed by atoms with Gasteiger partial charge in [-0.2, -0.15) is 9.78 Å². The van der Waals surface area contributed by atoms with Crippen molar-refractivity contribution in [3.05, 3.63) is 66.0 Å². The molecule has 0 saturated carbocycles. The summed E-state index contributed by atoms with van der Waals surface area (Å²) in [6.45, 7) is 3.48. The maximum Gasteiger partial charge on any atom is 0.344 e. The van der Waals surface area contributed by atoms with Crippen molar-refractivity contribution in [2.24, 2.45) is 5.10 Å². The molecule has 0 spiro atoms. The summed E-state index contributed by atoms with van der Waals surface area (Å²) in [7, 11) is 0. The summed E-state index contributed by atoms with van der Waals surface area (Å²) in [4.78, 5) is 28.8. The lowest BCUT2D eigenvalue weighted by molar-refractivity contribution is -0.144. The number of carboxylic acids is 1. The van der Waals surface area contributed by atoms with Gasteiger partial charge in [-0.25, -0.2) is 9.78 Å². The van der Waals surface area contributed by atoms with E-state index in [1.54, 1.807) is 24.3 Å². The minimum absolute atomic E-state index is 0.216. The van der Waals surface area contributed by atoms with Gasteiger partial charge in [0, 0.05) is 10.9 Å². The molecule has 1 atom stereocenters. The van der Waals surface area contributed by atoms with E-state index in [1.807, 2.05) is 6.07 Å². The second kappa shape index (κ2) is 10.6. The molecule has 0 aliphatic rings. The van der Waals surface area contributed by atoms with Crippen molar-refractivity contribution in [1.29, 1.82) is 0 Å². The number of carboxylic acid groups (broad SMARTS) is 1. The molecule has 0 aliphatic carbocycles. The summed E-state index contributed by atoms with van der Waals surface area (Å²) in [6.07, 6.45) is 2.88. The van der Waals surface area contributed by atoms with Gasteiger partial charge in [-0.15, -0.1) is 0 Å². The van der Waals surface area contributed by atoms with Crippen LogP contribution in [0, 0.1) is 0 Å². The van der Waals surface area contributed by atoms with E-state index in [2.05, 4.69) is 48.9 Å². The number of rotatable bonds is 8. The molecule has 10 heteroatoms. The van der Waals surface area contributed by atoms with Crippen molar-refractivity contribution in [3.8, 4) is 5.75 Å². The Bertz CT molecular complexity index is 1240. The van der Waals surface area contributed by atoms with Crippen molar-refractivity contribution in [3.63, 3.8) is 0 Å². The van der Waals surface area contributed by atoms with Crippen LogP contribution in [0.15, 0.2) is 49.2 Å². The van der Waals surface area contributed by atoms with E-state index < -0.39 is 12.1 Å². The molecule has 7 nitrogen and oxygen atoms in total. The third kappa shape index (κ3) is 5.57. The number of aryl methyl sites for hydroxylation is 1. The number of aromatic nitrogens is 2. The monoisotopic (exact) mass is 583 g/mol. The number of benzene rings is 2. The lowest BCUT2D eigenvalue weighted by atomic mass is 10.2. The Labute approximate surface area is 206 Å². The SMILES string of the molecule is CCCCc1nc2ccc(Br)cc2c(=O)n1N=Cc1cc(Cl)c(O[C@H](C)C(=O)O)c(Br)c1. The predicted molar refractivity (Wildman–Crippen MR) is 132 cm³/mol. The quantitative estimate of drug-likeness (QED) is 0.345. The highest BCUT2D eigenvalue weighted by molar-refractivity contribution is 9.10. The van der Waals surface area contributed by atoms with Crippen LogP contribution in [-0.4, -0.2) is 33.1 Å². The molecule has 0 saturated heterocycles. The molecular formula is C22H20Br2ClN3O4. The van der Waals surface area contributed by atoms with E-state index in [1.165, 1.54) is 17.8 Å². The first-order valence-corrected chi connectivity index (χ1v) is 11.8. The summed E-state index contributed by atoms with van der Waals surface area (Å²) in [5.41, 5.74) is 0.953. The van der Waals surface area contributed by atoms with E-state index in [0.717, 1.165) is 17.3 Å². The largest absolute Gasteiger partial charge is 0.479 e. The smallest absolute Gasteiger partial charge is 0.344 e. The van der Waals surface area contributed by atoms with Gasteiger partial charge in [-0.05, 0) is 65.2 Å². The molecule has 2 aromatic carbocycles. The average molecular weight is 586 g/mol. The summed E-state index contributed by atoms with van der Waals surface area (Å²) in [6, 6.07) is 8.64. The Hall–Kier alpha value is -2.23. The van der Waals surface area contributed by atoms with E-state index in [4.69, 9.17) is 21.4 Å². The van der Waals surface area contributed by atoms with Gasteiger partial charge in [-0.1, -0.05) is 40.9 Å². The van der Waals surface area contributed by atoms with Crippen molar-refractivity contribution < 1.29 is 14.6 Å². The van der Waals surface area contributed by atoms with E-state index in [9.17, 15) is 9.59 Å². The minimum atomic E-state index is -1.10. The number of fused-ring (bicyclic) bond motifs is 1. The fraction of sp³-hybridized carbons (Fsp3) is 0.273. The van der Waals surface area contributed by atoms with E-state index >= 15 is 0 Å². The first-order valence-electron chi connectivity index (χ1n) is 9.85. The minimum Gasteiger partial charge on any atom is -0.479 e. The lowest BCUT2D eigenvalue weighted by Crippen LogP contribution is -2.23. The normalized spacial score (nSPS) is 12.4. The Morgan fingerprint density at radius 3 is 2.75 bits per heavy atom. The van der Waals surface area contributed by atoms with Crippen LogP contribution in [-0.2, 0) is 11.2 Å².